The highest BCUT2D eigenvalue weighted by Crippen LogP contribution is 2.29. The van der Waals surface area contributed by atoms with Crippen molar-refractivity contribution in [3.8, 4) is 5.75 Å². The normalized spacial score (nSPS) is 14.1. The van der Waals surface area contributed by atoms with Crippen molar-refractivity contribution in [1.29, 1.82) is 0 Å². The summed E-state index contributed by atoms with van der Waals surface area (Å²) in [4.78, 5) is 40.7. The number of aryl methyl sites for hydroxylation is 1. The van der Waals surface area contributed by atoms with Gasteiger partial charge in [0.25, 0.3) is 0 Å². The summed E-state index contributed by atoms with van der Waals surface area (Å²) in [5, 5.41) is 15.5. The molecule has 0 aliphatic rings. The van der Waals surface area contributed by atoms with Crippen molar-refractivity contribution in [3.05, 3.63) is 29.3 Å². The molecule has 0 bridgehead atoms. The number of benzene rings is 1. The summed E-state index contributed by atoms with van der Waals surface area (Å²) in [5.41, 5.74) is 0.502. The lowest BCUT2D eigenvalue weighted by atomic mass is 9.98. The maximum absolute atomic E-state index is 13.6. The molecule has 0 saturated heterocycles. The third-order valence-corrected chi connectivity index (χ3v) is 5.32. The van der Waals surface area contributed by atoms with Crippen LogP contribution in [0.3, 0.4) is 0 Å². The molecular formula is C25H41N3O5. The minimum absolute atomic E-state index is 0.116. The fraction of sp³-hybridized carbons (Fsp3) is 0.640. The summed E-state index contributed by atoms with van der Waals surface area (Å²) in [5.74, 6) is -0.575. The van der Waals surface area contributed by atoms with E-state index in [1.165, 1.54) is 11.0 Å². The van der Waals surface area contributed by atoms with Crippen molar-refractivity contribution >= 4 is 17.9 Å². The van der Waals surface area contributed by atoms with Gasteiger partial charge in [-0.05, 0) is 77.6 Å². The molecule has 33 heavy (non-hydrogen) atoms. The maximum Gasteiger partial charge on any atom is 0.408 e. The Bertz CT molecular complexity index is 819. The molecule has 0 fully saturated rings. The highest BCUT2D eigenvalue weighted by molar-refractivity contribution is 5.92. The lowest BCUT2D eigenvalue weighted by Crippen LogP contribution is -2.54. The van der Waals surface area contributed by atoms with Crippen LogP contribution in [0.15, 0.2) is 18.2 Å². The molecular weight excluding hydrogens is 422 g/mol. The van der Waals surface area contributed by atoms with E-state index in [-0.39, 0.29) is 17.7 Å². The molecule has 186 valence electrons. The zero-order valence-electron chi connectivity index (χ0n) is 21.3. The number of unbranched alkanes of at least 4 members (excludes halogenated alkanes) is 1. The average molecular weight is 464 g/mol. The monoisotopic (exact) mass is 463 g/mol. The van der Waals surface area contributed by atoms with E-state index in [0.717, 1.165) is 12.8 Å². The lowest BCUT2D eigenvalue weighted by Gasteiger charge is -2.37. The van der Waals surface area contributed by atoms with Gasteiger partial charge in [-0.25, -0.2) is 4.79 Å². The number of ether oxygens (including phenoxy) is 1. The molecule has 0 saturated carbocycles. The third-order valence-electron chi connectivity index (χ3n) is 5.32. The van der Waals surface area contributed by atoms with E-state index >= 15 is 0 Å². The Balaban J connectivity index is 3.35. The van der Waals surface area contributed by atoms with Gasteiger partial charge in [0.2, 0.25) is 11.8 Å². The summed E-state index contributed by atoms with van der Waals surface area (Å²) >= 11 is 0. The van der Waals surface area contributed by atoms with E-state index in [9.17, 15) is 19.5 Å². The standard InChI is InChI=1S/C25H41N3O5/c1-9-11-14-26-22(30)21(19-12-13-20(29)16(3)15-19)28(17(4)10-2)23(31)18(5)27-24(32)33-25(6,7)8/h12-13,15,17-18,21,29H,9-11,14H2,1-8H3,(H,26,30)(H,27,32). The van der Waals surface area contributed by atoms with Crippen LogP contribution in [0, 0.1) is 6.92 Å². The van der Waals surface area contributed by atoms with Gasteiger partial charge in [0.15, 0.2) is 0 Å². The minimum Gasteiger partial charge on any atom is -0.508 e. The number of hydrogen-bond donors (Lipinski definition) is 3. The first kappa shape index (κ1) is 28.3. The second kappa shape index (κ2) is 12.5. The fourth-order valence-corrected chi connectivity index (χ4v) is 3.34. The molecule has 0 aliphatic heterocycles. The zero-order chi connectivity index (χ0) is 25.3. The Kier molecular flexibility index (Phi) is 10.7. The number of hydrogen-bond acceptors (Lipinski definition) is 5. The molecule has 0 aliphatic carbocycles. The number of phenols is 1. The van der Waals surface area contributed by atoms with Crippen molar-refractivity contribution in [2.45, 2.75) is 98.4 Å². The summed E-state index contributed by atoms with van der Waals surface area (Å²) in [6.45, 7) is 14.9. The zero-order valence-corrected chi connectivity index (χ0v) is 21.3. The minimum atomic E-state index is -0.911. The van der Waals surface area contributed by atoms with Crippen LogP contribution in [0.1, 0.15) is 84.9 Å². The van der Waals surface area contributed by atoms with Gasteiger partial charge in [0, 0.05) is 12.6 Å². The van der Waals surface area contributed by atoms with Crippen LogP contribution in [0.5, 0.6) is 5.75 Å². The van der Waals surface area contributed by atoms with Gasteiger partial charge in [-0.3, -0.25) is 9.59 Å². The fourth-order valence-electron chi connectivity index (χ4n) is 3.34. The topological polar surface area (TPSA) is 108 Å². The van der Waals surface area contributed by atoms with E-state index < -0.39 is 29.7 Å². The second-order valence-corrected chi connectivity index (χ2v) is 9.46. The highest BCUT2D eigenvalue weighted by Gasteiger charge is 2.37. The van der Waals surface area contributed by atoms with Crippen LogP contribution in [0.4, 0.5) is 4.79 Å². The third kappa shape index (κ3) is 8.59. The number of phenolic OH excluding ortho intramolecular Hbond substituents is 1. The van der Waals surface area contributed by atoms with E-state index in [2.05, 4.69) is 10.6 Å². The molecule has 3 N–H and O–H groups in total. The Labute approximate surface area is 198 Å². The van der Waals surface area contributed by atoms with Gasteiger partial charge in [-0.1, -0.05) is 26.3 Å². The van der Waals surface area contributed by atoms with Crippen LogP contribution in [-0.2, 0) is 14.3 Å². The Morgan fingerprint density at radius 1 is 1.15 bits per heavy atom. The largest absolute Gasteiger partial charge is 0.508 e. The van der Waals surface area contributed by atoms with Gasteiger partial charge in [0.05, 0.1) is 0 Å². The smallest absolute Gasteiger partial charge is 0.408 e. The van der Waals surface area contributed by atoms with E-state index in [1.807, 2.05) is 20.8 Å². The van der Waals surface area contributed by atoms with Crippen molar-refractivity contribution in [1.82, 2.24) is 15.5 Å². The summed E-state index contributed by atoms with van der Waals surface area (Å²) < 4.78 is 5.28. The SMILES string of the molecule is CCCCNC(=O)C(c1ccc(O)c(C)c1)N(C(=O)C(C)NC(=O)OC(C)(C)C)C(C)CC. The summed E-state index contributed by atoms with van der Waals surface area (Å²) in [6, 6.07) is 2.80. The average Bonchev–Trinajstić information content (AvgIpc) is 2.71. The van der Waals surface area contributed by atoms with Crippen molar-refractivity contribution in [2.75, 3.05) is 6.54 Å². The van der Waals surface area contributed by atoms with Crippen LogP contribution in [0.25, 0.3) is 0 Å². The molecule has 3 amide bonds. The molecule has 0 heterocycles. The first-order valence-electron chi connectivity index (χ1n) is 11.7. The van der Waals surface area contributed by atoms with Crippen molar-refractivity contribution in [3.63, 3.8) is 0 Å². The molecule has 0 spiro atoms. The molecule has 3 unspecified atom stereocenters. The van der Waals surface area contributed by atoms with Crippen LogP contribution >= 0.6 is 0 Å². The Morgan fingerprint density at radius 2 is 1.79 bits per heavy atom. The first-order valence-corrected chi connectivity index (χ1v) is 11.7. The molecule has 0 aromatic heterocycles. The molecule has 8 heteroatoms. The predicted molar refractivity (Wildman–Crippen MR) is 129 cm³/mol. The van der Waals surface area contributed by atoms with Gasteiger partial charge in [-0.2, -0.15) is 0 Å². The summed E-state index contributed by atoms with van der Waals surface area (Å²) in [7, 11) is 0. The van der Waals surface area contributed by atoms with Crippen LogP contribution in [0.2, 0.25) is 0 Å². The molecule has 8 nitrogen and oxygen atoms in total. The Hall–Kier alpha value is -2.77. The number of aromatic hydroxyl groups is 1. The number of amides is 3. The van der Waals surface area contributed by atoms with Gasteiger partial charge in [-0.15, -0.1) is 0 Å². The van der Waals surface area contributed by atoms with E-state index in [1.54, 1.807) is 46.8 Å². The van der Waals surface area contributed by atoms with Gasteiger partial charge in [0.1, 0.15) is 23.4 Å². The number of alkyl carbamates (subject to hydrolysis) is 1. The number of carbonyl (C=O) groups excluding carboxylic acids is 3. The van der Waals surface area contributed by atoms with Crippen LogP contribution in [-0.4, -0.2) is 52.1 Å². The van der Waals surface area contributed by atoms with Gasteiger partial charge < -0.3 is 25.4 Å². The molecule has 0 radical (unpaired) electrons. The molecule has 1 aromatic carbocycles. The quantitative estimate of drug-likeness (QED) is 0.451. The lowest BCUT2D eigenvalue weighted by molar-refractivity contribution is -0.144. The maximum atomic E-state index is 13.6. The molecule has 1 aromatic rings. The predicted octanol–water partition coefficient (Wildman–Crippen LogP) is 4.20. The van der Waals surface area contributed by atoms with Crippen molar-refractivity contribution < 1.29 is 24.2 Å². The second-order valence-electron chi connectivity index (χ2n) is 9.46. The first-order chi connectivity index (χ1) is 15.3. The van der Waals surface area contributed by atoms with Gasteiger partial charge >= 0.3 is 6.09 Å². The number of nitrogens with one attached hydrogen (secondary N) is 2. The summed E-state index contributed by atoms with van der Waals surface area (Å²) in [6.07, 6.45) is 1.66. The number of nitrogens with zero attached hydrogens (tertiary/aromatic N) is 1. The van der Waals surface area contributed by atoms with E-state index in [0.29, 0.717) is 24.1 Å². The molecule has 1 rings (SSSR count). The number of rotatable bonds is 10. The Morgan fingerprint density at radius 3 is 2.30 bits per heavy atom. The van der Waals surface area contributed by atoms with Crippen molar-refractivity contribution in [2.24, 2.45) is 0 Å². The number of carbonyl (C=O) groups is 3. The van der Waals surface area contributed by atoms with E-state index in [4.69, 9.17) is 4.74 Å². The highest BCUT2D eigenvalue weighted by atomic mass is 16.6. The molecule has 3 atom stereocenters. The van der Waals surface area contributed by atoms with Crippen LogP contribution < -0.4 is 10.6 Å².